The molecular formula is C25H34N4O3. The van der Waals surface area contributed by atoms with E-state index in [4.69, 9.17) is 4.74 Å². The van der Waals surface area contributed by atoms with Crippen LogP contribution in [0.1, 0.15) is 28.7 Å². The van der Waals surface area contributed by atoms with Crippen molar-refractivity contribution >= 4 is 11.9 Å². The molecule has 2 aromatic carbocycles. The van der Waals surface area contributed by atoms with Crippen LogP contribution in [0.15, 0.2) is 54.6 Å². The molecule has 1 aliphatic heterocycles. The lowest BCUT2D eigenvalue weighted by atomic mass is 9.97. The van der Waals surface area contributed by atoms with E-state index in [2.05, 4.69) is 46.7 Å². The van der Waals surface area contributed by atoms with Gasteiger partial charge in [-0.1, -0.05) is 60.2 Å². The maximum atomic E-state index is 13.2. The van der Waals surface area contributed by atoms with Crippen molar-refractivity contribution in [3.05, 3.63) is 71.3 Å². The van der Waals surface area contributed by atoms with Crippen molar-refractivity contribution in [2.45, 2.75) is 18.9 Å². The summed E-state index contributed by atoms with van der Waals surface area (Å²) in [5, 5.41) is 5.87. The van der Waals surface area contributed by atoms with Gasteiger partial charge in [-0.15, -0.1) is 0 Å². The maximum absolute atomic E-state index is 13.2. The van der Waals surface area contributed by atoms with Gasteiger partial charge in [0.1, 0.15) is 0 Å². The average Bonchev–Trinajstić information content (AvgIpc) is 2.81. The van der Waals surface area contributed by atoms with Crippen LogP contribution in [0.5, 0.6) is 0 Å². The molecule has 0 saturated carbocycles. The molecule has 2 N–H and O–H groups in total. The molecule has 0 radical (unpaired) electrons. The topological polar surface area (TPSA) is 73.9 Å². The summed E-state index contributed by atoms with van der Waals surface area (Å²) >= 11 is 0. The summed E-state index contributed by atoms with van der Waals surface area (Å²) in [6.45, 7) is 5.02. The number of nitrogens with one attached hydrogen (secondary N) is 2. The minimum atomic E-state index is -0.429. The lowest BCUT2D eigenvalue weighted by Gasteiger charge is -2.31. The lowest BCUT2D eigenvalue weighted by molar-refractivity contribution is -0.136. The predicted octanol–water partition coefficient (Wildman–Crippen LogP) is 2.54. The quantitative estimate of drug-likeness (QED) is 0.664. The Balaban J connectivity index is 1.60. The van der Waals surface area contributed by atoms with Gasteiger partial charge in [0, 0.05) is 26.2 Å². The first-order valence-corrected chi connectivity index (χ1v) is 11.1. The molecule has 3 amide bonds. The first kappa shape index (κ1) is 23.8. The van der Waals surface area contributed by atoms with Gasteiger partial charge in [0.15, 0.2) is 0 Å². The molecule has 2 unspecified atom stereocenters. The summed E-state index contributed by atoms with van der Waals surface area (Å²) in [5.74, 6) is -0.410. The highest BCUT2D eigenvalue weighted by Crippen LogP contribution is 2.20. The zero-order valence-electron chi connectivity index (χ0n) is 19.2. The number of urea groups is 1. The molecule has 32 heavy (non-hydrogen) atoms. The summed E-state index contributed by atoms with van der Waals surface area (Å²) < 4.78 is 5.37. The van der Waals surface area contributed by atoms with Gasteiger partial charge in [0.25, 0.3) is 0 Å². The Hall–Kier alpha value is -2.90. The van der Waals surface area contributed by atoms with Crippen LogP contribution in [0.4, 0.5) is 4.79 Å². The number of carbonyl (C=O) groups excluding carboxylic acids is 2. The number of carbonyl (C=O) groups is 2. The van der Waals surface area contributed by atoms with Gasteiger partial charge in [0.05, 0.1) is 25.2 Å². The minimum Gasteiger partial charge on any atom is -0.378 e. The summed E-state index contributed by atoms with van der Waals surface area (Å²) in [6.07, 6.45) is 0. The Bertz CT molecular complexity index is 865. The van der Waals surface area contributed by atoms with E-state index in [1.165, 1.54) is 5.56 Å². The predicted molar refractivity (Wildman–Crippen MR) is 126 cm³/mol. The van der Waals surface area contributed by atoms with Gasteiger partial charge in [-0.2, -0.15) is 0 Å². The second-order valence-corrected chi connectivity index (χ2v) is 8.38. The fourth-order valence-corrected chi connectivity index (χ4v) is 3.87. The van der Waals surface area contributed by atoms with Crippen LogP contribution in [0, 0.1) is 6.92 Å². The summed E-state index contributed by atoms with van der Waals surface area (Å²) in [4.78, 5) is 29.7. The first-order chi connectivity index (χ1) is 15.5. The highest BCUT2D eigenvalue weighted by Gasteiger charge is 2.27. The van der Waals surface area contributed by atoms with E-state index < -0.39 is 5.92 Å². The van der Waals surface area contributed by atoms with Crippen molar-refractivity contribution in [3.8, 4) is 0 Å². The van der Waals surface area contributed by atoms with Crippen LogP contribution < -0.4 is 10.6 Å². The molecule has 7 heteroatoms. The number of rotatable bonds is 8. The van der Waals surface area contributed by atoms with Crippen molar-refractivity contribution in [2.75, 3.05) is 53.5 Å². The number of nitrogens with zero attached hydrogens (tertiary/aromatic N) is 2. The SMILES string of the molecule is Cc1ccc(C(CNC(=O)NCC(C(=O)N2CCOCC2)c2ccccc2)N(C)C)cc1. The number of hydrogen-bond acceptors (Lipinski definition) is 4. The Kier molecular flexibility index (Phi) is 8.64. The summed E-state index contributed by atoms with van der Waals surface area (Å²) in [7, 11) is 3.99. The van der Waals surface area contributed by atoms with Gasteiger partial charge in [0.2, 0.25) is 5.91 Å². The third-order valence-corrected chi connectivity index (χ3v) is 5.83. The van der Waals surface area contributed by atoms with Gasteiger partial charge in [-0.05, 0) is 32.1 Å². The molecule has 2 atom stereocenters. The Morgan fingerprint density at radius 3 is 2.19 bits per heavy atom. The summed E-state index contributed by atoms with van der Waals surface area (Å²) in [6, 6.07) is 17.7. The molecule has 7 nitrogen and oxygen atoms in total. The molecule has 0 spiro atoms. The van der Waals surface area contributed by atoms with Crippen LogP contribution in [0.3, 0.4) is 0 Å². The zero-order valence-corrected chi connectivity index (χ0v) is 19.2. The van der Waals surface area contributed by atoms with Gasteiger partial charge < -0.3 is 25.2 Å². The number of hydrogen-bond donors (Lipinski definition) is 2. The van der Waals surface area contributed by atoms with E-state index >= 15 is 0 Å². The van der Waals surface area contributed by atoms with Crippen molar-refractivity contribution in [1.82, 2.24) is 20.4 Å². The first-order valence-electron chi connectivity index (χ1n) is 11.1. The van der Waals surface area contributed by atoms with E-state index in [9.17, 15) is 9.59 Å². The third kappa shape index (κ3) is 6.55. The molecular weight excluding hydrogens is 404 g/mol. The van der Waals surface area contributed by atoms with E-state index in [1.807, 2.05) is 49.3 Å². The molecule has 172 valence electrons. The standard InChI is InChI=1S/C25H34N4O3/c1-19-9-11-21(12-10-19)23(28(2)3)18-27-25(31)26-17-22(20-7-5-4-6-8-20)24(30)29-13-15-32-16-14-29/h4-12,22-23H,13-18H2,1-3H3,(H2,26,27,31). The zero-order chi connectivity index (χ0) is 22.9. The van der Waals surface area contributed by atoms with Crippen molar-refractivity contribution in [1.29, 1.82) is 0 Å². The minimum absolute atomic E-state index is 0.0191. The van der Waals surface area contributed by atoms with Crippen LogP contribution in [-0.2, 0) is 9.53 Å². The average molecular weight is 439 g/mol. The fraction of sp³-hybridized carbons (Fsp3) is 0.440. The summed E-state index contributed by atoms with van der Waals surface area (Å²) in [5.41, 5.74) is 3.24. The Morgan fingerprint density at radius 1 is 0.938 bits per heavy atom. The Labute approximate surface area is 190 Å². The van der Waals surface area contributed by atoms with Crippen molar-refractivity contribution in [3.63, 3.8) is 0 Å². The largest absolute Gasteiger partial charge is 0.378 e. The van der Waals surface area contributed by atoms with Crippen LogP contribution in [0.25, 0.3) is 0 Å². The number of amides is 3. The van der Waals surface area contributed by atoms with Crippen LogP contribution in [-0.4, -0.2) is 75.2 Å². The molecule has 3 rings (SSSR count). The molecule has 1 fully saturated rings. The highest BCUT2D eigenvalue weighted by molar-refractivity contribution is 5.85. The highest BCUT2D eigenvalue weighted by atomic mass is 16.5. The van der Waals surface area contributed by atoms with E-state index in [0.717, 1.165) is 11.1 Å². The normalized spacial score (nSPS) is 15.8. The van der Waals surface area contributed by atoms with Crippen molar-refractivity contribution in [2.24, 2.45) is 0 Å². The van der Waals surface area contributed by atoms with Crippen LogP contribution >= 0.6 is 0 Å². The maximum Gasteiger partial charge on any atom is 0.314 e. The number of morpholine rings is 1. The molecule has 2 aromatic rings. The number of ether oxygens (including phenoxy) is 1. The third-order valence-electron chi connectivity index (χ3n) is 5.83. The van der Waals surface area contributed by atoms with Gasteiger partial charge in [-0.3, -0.25) is 4.79 Å². The molecule has 0 aromatic heterocycles. The second-order valence-electron chi connectivity index (χ2n) is 8.38. The van der Waals surface area contributed by atoms with Gasteiger partial charge >= 0.3 is 6.03 Å². The molecule has 1 aliphatic rings. The van der Waals surface area contributed by atoms with E-state index in [-0.39, 0.29) is 24.5 Å². The number of likely N-dealkylation sites (N-methyl/N-ethyl adjacent to an activating group) is 1. The number of aryl methyl sites for hydroxylation is 1. The van der Waals surface area contributed by atoms with Crippen molar-refractivity contribution < 1.29 is 14.3 Å². The molecule has 0 bridgehead atoms. The smallest absolute Gasteiger partial charge is 0.314 e. The van der Waals surface area contributed by atoms with E-state index in [1.54, 1.807) is 0 Å². The van der Waals surface area contributed by atoms with E-state index in [0.29, 0.717) is 32.8 Å². The molecule has 0 aliphatic carbocycles. The monoisotopic (exact) mass is 438 g/mol. The molecule has 1 saturated heterocycles. The fourth-order valence-electron chi connectivity index (χ4n) is 3.87. The lowest BCUT2D eigenvalue weighted by Crippen LogP contribution is -2.47. The van der Waals surface area contributed by atoms with Gasteiger partial charge in [-0.25, -0.2) is 4.79 Å². The Morgan fingerprint density at radius 2 is 1.56 bits per heavy atom. The molecule has 1 heterocycles. The number of benzene rings is 2. The van der Waals surface area contributed by atoms with Crippen LogP contribution in [0.2, 0.25) is 0 Å². The second kappa shape index (κ2) is 11.6.